The SMILES string of the molecule is CCOP(=O)(OCC)C1=C(C(F)(F)C(F)(F)F)Oc2ccc(OC)cc2C1O. The van der Waals surface area contributed by atoms with Gasteiger partial charge in [-0.2, -0.15) is 22.0 Å². The number of benzene rings is 1. The highest BCUT2D eigenvalue weighted by Crippen LogP contribution is 2.65. The number of alkyl halides is 5. The van der Waals surface area contributed by atoms with E-state index in [4.69, 9.17) is 18.5 Å². The fourth-order valence-corrected chi connectivity index (χ4v) is 4.44. The molecule has 28 heavy (non-hydrogen) atoms. The Morgan fingerprint density at radius 2 is 1.71 bits per heavy atom. The van der Waals surface area contributed by atoms with Crippen LogP contribution in [0.5, 0.6) is 11.5 Å². The molecule has 1 N–H and O–H groups in total. The second kappa shape index (κ2) is 7.98. The molecule has 6 nitrogen and oxygen atoms in total. The van der Waals surface area contributed by atoms with Crippen molar-refractivity contribution >= 4 is 7.60 Å². The second-order valence-electron chi connectivity index (χ2n) is 5.53. The minimum Gasteiger partial charge on any atom is -0.497 e. The first-order chi connectivity index (χ1) is 12.9. The van der Waals surface area contributed by atoms with Crippen molar-refractivity contribution in [3.05, 3.63) is 34.8 Å². The Bertz CT molecular complexity index is 797. The fourth-order valence-electron chi connectivity index (χ4n) is 2.54. The molecule has 0 saturated carbocycles. The summed E-state index contributed by atoms with van der Waals surface area (Å²) in [6.45, 7) is 1.98. The van der Waals surface area contributed by atoms with E-state index in [0.717, 1.165) is 12.1 Å². The van der Waals surface area contributed by atoms with Gasteiger partial charge in [0.05, 0.1) is 20.3 Å². The molecule has 2 rings (SSSR count). The Kier molecular flexibility index (Phi) is 6.44. The van der Waals surface area contributed by atoms with Gasteiger partial charge in [-0.05, 0) is 32.0 Å². The minimum atomic E-state index is -6.08. The van der Waals surface area contributed by atoms with E-state index in [1.807, 2.05) is 0 Å². The molecule has 1 atom stereocenters. The van der Waals surface area contributed by atoms with Crippen LogP contribution in [0, 0.1) is 0 Å². The smallest absolute Gasteiger partial charge is 0.461 e. The van der Waals surface area contributed by atoms with Crippen molar-refractivity contribution in [1.82, 2.24) is 0 Å². The van der Waals surface area contributed by atoms with Gasteiger partial charge in [-0.25, -0.2) is 0 Å². The van der Waals surface area contributed by atoms with E-state index in [9.17, 15) is 31.6 Å². The number of hydrogen-bond acceptors (Lipinski definition) is 6. The number of halogens is 5. The van der Waals surface area contributed by atoms with Crippen LogP contribution in [-0.2, 0) is 13.6 Å². The molecule has 0 amide bonds. The molecule has 1 aliphatic rings. The van der Waals surface area contributed by atoms with E-state index in [-0.39, 0.29) is 24.5 Å². The summed E-state index contributed by atoms with van der Waals surface area (Å²) in [4.78, 5) is 0. The first-order valence-corrected chi connectivity index (χ1v) is 9.59. The third-order valence-corrected chi connectivity index (χ3v) is 5.98. The van der Waals surface area contributed by atoms with Gasteiger partial charge < -0.3 is 23.6 Å². The largest absolute Gasteiger partial charge is 0.497 e. The van der Waals surface area contributed by atoms with Gasteiger partial charge in [-0.1, -0.05) is 0 Å². The van der Waals surface area contributed by atoms with Gasteiger partial charge in [0.15, 0.2) is 5.76 Å². The first kappa shape index (κ1) is 22.6. The molecular formula is C16H18F5O6P. The Morgan fingerprint density at radius 3 is 2.18 bits per heavy atom. The zero-order valence-electron chi connectivity index (χ0n) is 15.0. The normalized spacial score (nSPS) is 18.0. The third-order valence-electron chi connectivity index (χ3n) is 3.75. The van der Waals surface area contributed by atoms with Gasteiger partial charge in [-0.15, -0.1) is 0 Å². The van der Waals surface area contributed by atoms with Gasteiger partial charge in [0.2, 0.25) is 0 Å². The molecule has 1 aliphatic heterocycles. The Labute approximate surface area is 157 Å². The topological polar surface area (TPSA) is 74.2 Å². The zero-order valence-corrected chi connectivity index (χ0v) is 15.9. The monoisotopic (exact) mass is 432 g/mol. The number of aliphatic hydroxyl groups excluding tert-OH is 1. The summed E-state index contributed by atoms with van der Waals surface area (Å²) >= 11 is 0. The molecule has 158 valence electrons. The summed E-state index contributed by atoms with van der Waals surface area (Å²) in [5.41, 5.74) is -0.226. The minimum absolute atomic E-state index is 0.162. The lowest BCUT2D eigenvalue weighted by Crippen LogP contribution is -2.42. The van der Waals surface area contributed by atoms with Gasteiger partial charge in [0, 0.05) is 5.56 Å². The molecule has 1 heterocycles. The molecule has 0 spiro atoms. The standard InChI is InChI=1S/C16H18F5O6P/c1-4-25-28(23,26-5-2)13-12(22)10-8-9(24-3)6-7-11(10)27-14(13)15(17,18)16(19,20)21/h6-8,12,22H,4-5H2,1-3H3. The summed E-state index contributed by atoms with van der Waals surface area (Å²) in [6.07, 6.45) is -8.26. The lowest BCUT2D eigenvalue weighted by atomic mass is 10.0. The van der Waals surface area contributed by atoms with E-state index >= 15 is 0 Å². The van der Waals surface area contributed by atoms with Gasteiger partial charge in [-0.3, -0.25) is 4.57 Å². The molecule has 1 aromatic carbocycles. The van der Waals surface area contributed by atoms with Gasteiger partial charge in [0.25, 0.3) is 0 Å². The van der Waals surface area contributed by atoms with Crippen molar-refractivity contribution < 1.29 is 50.1 Å². The maximum atomic E-state index is 14.2. The van der Waals surface area contributed by atoms with Crippen LogP contribution < -0.4 is 9.47 Å². The lowest BCUT2D eigenvalue weighted by Gasteiger charge is -2.34. The number of allylic oxidation sites excluding steroid dienone is 1. The quantitative estimate of drug-likeness (QED) is 0.493. The predicted molar refractivity (Wildman–Crippen MR) is 87.5 cm³/mol. The van der Waals surface area contributed by atoms with Crippen molar-refractivity contribution in [3.63, 3.8) is 0 Å². The highest BCUT2D eigenvalue weighted by Gasteiger charge is 2.65. The molecule has 0 radical (unpaired) electrons. The lowest BCUT2D eigenvalue weighted by molar-refractivity contribution is -0.273. The molecule has 1 aromatic rings. The maximum absolute atomic E-state index is 14.2. The van der Waals surface area contributed by atoms with Crippen LogP contribution in [0.3, 0.4) is 0 Å². The highest BCUT2D eigenvalue weighted by molar-refractivity contribution is 7.58. The number of ether oxygens (including phenoxy) is 2. The molecular weight excluding hydrogens is 414 g/mol. The van der Waals surface area contributed by atoms with Crippen molar-refractivity contribution in [1.29, 1.82) is 0 Å². The van der Waals surface area contributed by atoms with E-state index in [1.54, 1.807) is 0 Å². The first-order valence-electron chi connectivity index (χ1n) is 8.05. The van der Waals surface area contributed by atoms with Crippen LogP contribution in [0.2, 0.25) is 0 Å². The average molecular weight is 432 g/mol. The summed E-state index contributed by atoms with van der Waals surface area (Å²) in [5, 5.41) is 9.30. The second-order valence-corrected chi connectivity index (χ2v) is 7.52. The summed E-state index contributed by atoms with van der Waals surface area (Å²) in [5.74, 6) is -7.91. The Hall–Kier alpha value is -1.68. The van der Waals surface area contributed by atoms with Crippen LogP contribution in [-0.4, -0.2) is 37.5 Å². The Morgan fingerprint density at radius 1 is 1.14 bits per heavy atom. The third kappa shape index (κ3) is 3.89. The molecule has 0 aromatic heterocycles. The van der Waals surface area contributed by atoms with Crippen molar-refractivity contribution in [2.24, 2.45) is 0 Å². The molecule has 0 bridgehead atoms. The van der Waals surface area contributed by atoms with Crippen molar-refractivity contribution in [3.8, 4) is 11.5 Å². The number of aliphatic hydroxyl groups is 1. The van der Waals surface area contributed by atoms with E-state index in [0.29, 0.717) is 0 Å². The molecule has 12 heteroatoms. The van der Waals surface area contributed by atoms with Gasteiger partial charge in [0.1, 0.15) is 22.9 Å². The number of rotatable bonds is 7. The van der Waals surface area contributed by atoms with Crippen molar-refractivity contribution in [2.75, 3.05) is 20.3 Å². The number of hydrogen-bond donors (Lipinski definition) is 1. The average Bonchev–Trinajstić information content (AvgIpc) is 2.60. The predicted octanol–water partition coefficient (Wildman–Crippen LogP) is 4.80. The van der Waals surface area contributed by atoms with Crippen LogP contribution >= 0.6 is 7.60 Å². The zero-order chi connectivity index (χ0) is 21.3. The van der Waals surface area contributed by atoms with Crippen LogP contribution in [0.15, 0.2) is 29.3 Å². The maximum Gasteiger partial charge on any atom is 0.461 e. The Balaban J connectivity index is 2.80. The van der Waals surface area contributed by atoms with Crippen LogP contribution in [0.25, 0.3) is 0 Å². The van der Waals surface area contributed by atoms with Crippen molar-refractivity contribution in [2.45, 2.75) is 32.1 Å². The summed E-state index contributed by atoms with van der Waals surface area (Å²) < 4.78 is 100. The number of methoxy groups -OCH3 is 1. The van der Waals surface area contributed by atoms with E-state index in [1.165, 1.54) is 27.0 Å². The van der Waals surface area contributed by atoms with Crippen LogP contribution in [0.1, 0.15) is 25.5 Å². The van der Waals surface area contributed by atoms with E-state index in [2.05, 4.69) is 0 Å². The highest BCUT2D eigenvalue weighted by atomic mass is 31.2. The van der Waals surface area contributed by atoms with Crippen LogP contribution in [0.4, 0.5) is 22.0 Å². The van der Waals surface area contributed by atoms with E-state index < -0.39 is 42.6 Å². The van der Waals surface area contributed by atoms with Gasteiger partial charge >= 0.3 is 19.7 Å². The molecule has 1 unspecified atom stereocenters. The fraction of sp³-hybridized carbons (Fsp3) is 0.500. The molecule has 0 aliphatic carbocycles. The summed E-state index contributed by atoms with van der Waals surface area (Å²) in [6, 6.07) is 3.45. The molecule has 0 fully saturated rings. The molecule has 0 saturated heterocycles. The summed E-state index contributed by atoms with van der Waals surface area (Å²) in [7, 11) is -3.49. The number of fused-ring (bicyclic) bond motifs is 1.